The van der Waals surface area contributed by atoms with E-state index in [9.17, 15) is 9.59 Å². The van der Waals surface area contributed by atoms with Gasteiger partial charge in [0.2, 0.25) is 5.91 Å². The summed E-state index contributed by atoms with van der Waals surface area (Å²) in [6.45, 7) is 5.70. The van der Waals surface area contributed by atoms with Crippen molar-refractivity contribution < 1.29 is 18.8 Å². The van der Waals surface area contributed by atoms with Gasteiger partial charge in [0.05, 0.1) is 16.8 Å². The summed E-state index contributed by atoms with van der Waals surface area (Å²) in [6.07, 6.45) is 0.381. The maximum absolute atomic E-state index is 12.8. The number of para-hydroxylation sites is 1. The second-order valence-electron chi connectivity index (χ2n) is 6.52. The average molecular weight is 393 g/mol. The lowest BCUT2D eigenvalue weighted by Gasteiger charge is -2.12. The summed E-state index contributed by atoms with van der Waals surface area (Å²) in [5.41, 5.74) is 3.22. The van der Waals surface area contributed by atoms with Crippen molar-refractivity contribution in [2.75, 3.05) is 10.6 Å². The van der Waals surface area contributed by atoms with Crippen LogP contribution in [0.25, 0.3) is 0 Å². The number of carbonyl (C=O) groups excluding carboxylic acids is 2. The van der Waals surface area contributed by atoms with Gasteiger partial charge in [-0.1, -0.05) is 30.3 Å². The van der Waals surface area contributed by atoms with Crippen molar-refractivity contribution >= 4 is 23.2 Å². The zero-order valence-corrected chi connectivity index (χ0v) is 16.6. The monoisotopic (exact) mass is 393 g/mol. The lowest BCUT2D eigenvalue weighted by atomic mass is 10.1. The summed E-state index contributed by atoms with van der Waals surface area (Å²) in [5.74, 6) is 0.751. The van der Waals surface area contributed by atoms with Crippen LogP contribution in [0.15, 0.2) is 53.1 Å². The van der Waals surface area contributed by atoms with Gasteiger partial charge in [0, 0.05) is 17.8 Å². The predicted molar refractivity (Wildman–Crippen MR) is 110 cm³/mol. The highest BCUT2D eigenvalue weighted by Gasteiger charge is 2.15. The van der Waals surface area contributed by atoms with Crippen molar-refractivity contribution in [3.8, 4) is 5.75 Å². The molecule has 0 spiro atoms. The van der Waals surface area contributed by atoms with Gasteiger partial charge >= 0.3 is 0 Å². The summed E-state index contributed by atoms with van der Waals surface area (Å²) < 4.78 is 11.0. The van der Waals surface area contributed by atoms with E-state index in [4.69, 9.17) is 9.26 Å². The normalized spacial score (nSPS) is 10.4. The molecular weight excluding hydrogens is 370 g/mol. The minimum absolute atomic E-state index is 0.0912. The molecule has 2 N–H and O–H groups in total. The fourth-order valence-electron chi connectivity index (χ4n) is 2.76. The van der Waals surface area contributed by atoms with E-state index < -0.39 is 0 Å². The second-order valence-corrected chi connectivity index (χ2v) is 6.52. The van der Waals surface area contributed by atoms with Gasteiger partial charge in [0.1, 0.15) is 18.1 Å². The largest absolute Gasteiger partial charge is 0.488 e. The summed E-state index contributed by atoms with van der Waals surface area (Å²) in [5, 5.41) is 9.53. The summed E-state index contributed by atoms with van der Waals surface area (Å²) in [6, 6.07) is 14.0. The number of rotatable bonds is 7. The third-order valence-corrected chi connectivity index (χ3v) is 4.41. The number of carbonyl (C=O) groups is 2. The lowest BCUT2D eigenvalue weighted by molar-refractivity contribution is -0.115. The molecule has 0 saturated carbocycles. The van der Waals surface area contributed by atoms with Gasteiger partial charge in [0.25, 0.3) is 5.91 Å². The molecule has 0 unspecified atom stereocenters. The molecule has 0 bridgehead atoms. The molecule has 1 heterocycles. The van der Waals surface area contributed by atoms with Crippen molar-refractivity contribution in [3.63, 3.8) is 0 Å². The molecule has 1 aromatic heterocycles. The van der Waals surface area contributed by atoms with E-state index in [1.54, 1.807) is 55.5 Å². The molecule has 0 fully saturated rings. The molecule has 0 aliphatic heterocycles. The van der Waals surface area contributed by atoms with E-state index >= 15 is 0 Å². The number of nitrogens with one attached hydrogen (secondary N) is 2. The number of aromatic nitrogens is 1. The minimum atomic E-state index is -0.307. The molecule has 0 radical (unpaired) electrons. The molecule has 2 aromatic carbocycles. The number of amides is 2. The van der Waals surface area contributed by atoms with Gasteiger partial charge in [-0.15, -0.1) is 0 Å². The van der Waals surface area contributed by atoms with E-state index in [2.05, 4.69) is 15.8 Å². The zero-order chi connectivity index (χ0) is 20.8. The summed E-state index contributed by atoms with van der Waals surface area (Å²) >= 11 is 0. The van der Waals surface area contributed by atoms with E-state index in [1.165, 1.54) is 0 Å². The van der Waals surface area contributed by atoms with Crippen LogP contribution in [0, 0.1) is 13.8 Å². The highest BCUT2D eigenvalue weighted by Crippen LogP contribution is 2.23. The number of anilines is 2. The molecule has 3 rings (SSSR count). The Kier molecular flexibility index (Phi) is 6.29. The van der Waals surface area contributed by atoms with Crippen LogP contribution in [-0.2, 0) is 11.4 Å². The first-order valence-electron chi connectivity index (χ1n) is 9.32. The van der Waals surface area contributed by atoms with E-state index in [-0.39, 0.29) is 18.4 Å². The van der Waals surface area contributed by atoms with Crippen molar-refractivity contribution in [3.05, 3.63) is 71.1 Å². The second kappa shape index (κ2) is 9.05. The number of nitrogens with zero attached hydrogens (tertiary/aromatic N) is 1. The van der Waals surface area contributed by atoms with Crippen molar-refractivity contribution in [1.29, 1.82) is 0 Å². The fourth-order valence-corrected chi connectivity index (χ4v) is 2.76. The molecule has 0 saturated heterocycles. The molecule has 7 heteroatoms. The van der Waals surface area contributed by atoms with Gasteiger partial charge in [-0.2, -0.15) is 0 Å². The Balaban J connectivity index is 1.73. The van der Waals surface area contributed by atoms with E-state index in [1.807, 2.05) is 13.8 Å². The van der Waals surface area contributed by atoms with Crippen LogP contribution in [0.3, 0.4) is 0 Å². The topological polar surface area (TPSA) is 93.5 Å². The number of aryl methyl sites for hydroxylation is 2. The number of hydrogen-bond acceptors (Lipinski definition) is 5. The molecule has 150 valence electrons. The molecule has 3 aromatic rings. The van der Waals surface area contributed by atoms with Crippen molar-refractivity contribution in [2.24, 2.45) is 0 Å². The molecule has 0 aliphatic rings. The molecule has 0 atom stereocenters. The molecule has 0 aliphatic carbocycles. The Morgan fingerprint density at radius 1 is 1.03 bits per heavy atom. The SMILES string of the molecule is CCC(=O)Nc1cccc(NC(=O)c2ccccc2OCc2c(C)noc2C)c1. The Hall–Kier alpha value is -3.61. The van der Waals surface area contributed by atoms with Crippen LogP contribution in [0.1, 0.15) is 40.7 Å². The predicted octanol–water partition coefficient (Wildman–Crippen LogP) is 4.47. The maximum Gasteiger partial charge on any atom is 0.259 e. The number of ether oxygens (including phenoxy) is 1. The quantitative estimate of drug-likeness (QED) is 0.618. The van der Waals surface area contributed by atoms with Crippen LogP contribution in [0.4, 0.5) is 11.4 Å². The van der Waals surface area contributed by atoms with Gasteiger partial charge < -0.3 is 19.9 Å². The first-order valence-corrected chi connectivity index (χ1v) is 9.32. The standard InChI is InChI=1S/C22H23N3O4/c1-4-21(26)23-16-8-7-9-17(12-16)24-22(27)18-10-5-6-11-20(18)28-13-19-14(2)25-29-15(19)3/h5-12H,4,13H2,1-3H3,(H,23,26)(H,24,27). The van der Waals surface area contributed by atoms with Crippen LogP contribution >= 0.6 is 0 Å². The van der Waals surface area contributed by atoms with Crippen molar-refractivity contribution in [1.82, 2.24) is 5.16 Å². The van der Waals surface area contributed by atoms with E-state index in [0.29, 0.717) is 34.9 Å². The lowest BCUT2D eigenvalue weighted by Crippen LogP contribution is -2.14. The van der Waals surface area contributed by atoms with Crippen molar-refractivity contribution in [2.45, 2.75) is 33.8 Å². The van der Waals surface area contributed by atoms with Crippen LogP contribution in [0.5, 0.6) is 5.75 Å². The van der Waals surface area contributed by atoms with Crippen LogP contribution in [-0.4, -0.2) is 17.0 Å². The van der Waals surface area contributed by atoms with Gasteiger partial charge in [-0.05, 0) is 44.2 Å². The molecule has 29 heavy (non-hydrogen) atoms. The fraction of sp³-hybridized carbons (Fsp3) is 0.227. The first kappa shape index (κ1) is 20.1. The Labute approximate surface area is 169 Å². The minimum Gasteiger partial charge on any atom is -0.488 e. The third-order valence-electron chi connectivity index (χ3n) is 4.41. The summed E-state index contributed by atoms with van der Waals surface area (Å²) in [4.78, 5) is 24.4. The van der Waals surface area contributed by atoms with E-state index in [0.717, 1.165) is 11.3 Å². The number of hydrogen-bond donors (Lipinski definition) is 2. The highest BCUT2D eigenvalue weighted by atomic mass is 16.5. The van der Waals surface area contributed by atoms with Gasteiger partial charge in [-0.25, -0.2) is 0 Å². The van der Waals surface area contributed by atoms with Gasteiger partial charge in [0.15, 0.2) is 0 Å². The average Bonchev–Trinajstić information content (AvgIpc) is 3.04. The van der Waals surface area contributed by atoms with Crippen LogP contribution < -0.4 is 15.4 Å². The number of benzene rings is 2. The maximum atomic E-state index is 12.8. The smallest absolute Gasteiger partial charge is 0.259 e. The Morgan fingerprint density at radius 3 is 2.45 bits per heavy atom. The van der Waals surface area contributed by atoms with Gasteiger partial charge in [-0.3, -0.25) is 9.59 Å². The highest BCUT2D eigenvalue weighted by molar-refractivity contribution is 6.06. The first-order chi connectivity index (χ1) is 14.0. The van der Waals surface area contributed by atoms with Crippen LogP contribution in [0.2, 0.25) is 0 Å². The Bertz CT molecular complexity index is 1010. The third kappa shape index (κ3) is 5.01. The Morgan fingerprint density at radius 2 is 1.76 bits per heavy atom. The summed E-state index contributed by atoms with van der Waals surface area (Å²) in [7, 11) is 0. The molecular formula is C22H23N3O4. The molecule has 2 amide bonds. The zero-order valence-electron chi connectivity index (χ0n) is 16.6. The molecule has 7 nitrogen and oxygen atoms in total.